The first-order valence-corrected chi connectivity index (χ1v) is 7.40. The number of nitrogens with zero attached hydrogens (tertiary/aromatic N) is 1. The molecule has 7 heteroatoms. The topological polar surface area (TPSA) is 41.6 Å². The van der Waals surface area contributed by atoms with Crippen LogP contribution in [0.1, 0.15) is 32.6 Å². The number of likely N-dealkylation sites (N-methyl/N-ethyl adjacent to an activating group) is 1. The molecule has 0 aromatic rings. The Morgan fingerprint density at radius 2 is 2.10 bits per heavy atom. The number of hydrogen-bond acceptors (Lipinski definition) is 3. The first kappa shape index (κ1) is 18.2. The SMILES string of the molecule is CC1CCCC(OCC(=O)NCCN(C)CC(F)(F)F)C1. The standard InChI is InChI=1S/C14H25F3N2O2/c1-11-4-3-5-12(8-11)21-9-13(20)18-6-7-19(2)10-14(15,16)17/h11-12H,3-10H2,1-2H3,(H,18,20). The molecule has 0 saturated heterocycles. The fourth-order valence-electron chi connectivity index (χ4n) is 2.55. The van der Waals surface area contributed by atoms with E-state index in [1.807, 2.05) is 0 Å². The molecule has 0 aromatic carbocycles. The average molecular weight is 310 g/mol. The lowest BCUT2D eigenvalue weighted by Gasteiger charge is -2.26. The normalized spacial score (nSPS) is 23.3. The number of hydrogen-bond donors (Lipinski definition) is 1. The van der Waals surface area contributed by atoms with Crippen LogP contribution in [0, 0.1) is 5.92 Å². The van der Waals surface area contributed by atoms with E-state index >= 15 is 0 Å². The van der Waals surface area contributed by atoms with Crippen LogP contribution in [-0.4, -0.2) is 56.4 Å². The van der Waals surface area contributed by atoms with Crippen molar-refractivity contribution in [2.45, 2.75) is 44.9 Å². The Hall–Kier alpha value is -0.820. The molecule has 0 bridgehead atoms. The maximum absolute atomic E-state index is 12.1. The number of alkyl halides is 3. The zero-order chi connectivity index (χ0) is 15.9. The van der Waals surface area contributed by atoms with Crippen molar-refractivity contribution in [3.8, 4) is 0 Å². The van der Waals surface area contributed by atoms with Crippen molar-refractivity contribution >= 4 is 5.91 Å². The molecule has 124 valence electrons. The highest BCUT2D eigenvalue weighted by Gasteiger charge is 2.28. The second-order valence-corrected chi connectivity index (χ2v) is 5.91. The lowest BCUT2D eigenvalue weighted by Crippen LogP contribution is -2.39. The van der Waals surface area contributed by atoms with Gasteiger partial charge in [0.1, 0.15) is 6.61 Å². The third-order valence-electron chi connectivity index (χ3n) is 3.60. The van der Waals surface area contributed by atoms with E-state index in [9.17, 15) is 18.0 Å². The van der Waals surface area contributed by atoms with E-state index in [-0.39, 0.29) is 31.7 Å². The summed E-state index contributed by atoms with van der Waals surface area (Å²) in [6.45, 7) is 1.54. The van der Waals surface area contributed by atoms with Crippen molar-refractivity contribution in [3.63, 3.8) is 0 Å². The van der Waals surface area contributed by atoms with Crippen LogP contribution < -0.4 is 5.32 Å². The first-order valence-electron chi connectivity index (χ1n) is 7.40. The minimum atomic E-state index is -4.21. The van der Waals surface area contributed by atoms with Gasteiger partial charge in [-0.25, -0.2) is 0 Å². The van der Waals surface area contributed by atoms with Crippen LogP contribution in [0.15, 0.2) is 0 Å². The van der Waals surface area contributed by atoms with Gasteiger partial charge in [0, 0.05) is 13.1 Å². The van der Waals surface area contributed by atoms with E-state index in [4.69, 9.17) is 4.74 Å². The van der Waals surface area contributed by atoms with Gasteiger partial charge in [-0.2, -0.15) is 13.2 Å². The van der Waals surface area contributed by atoms with Gasteiger partial charge >= 0.3 is 6.18 Å². The van der Waals surface area contributed by atoms with E-state index in [1.54, 1.807) is 0 Å². The lowest BCUT2D eigenvalue weighted by atomic mass is 9.89. The van der Waals surface area contributed by atoms with E-state index in [1.165, 1.54) is 13.5 Å². The number of halogens is 3. The van der Waals surface area contributed by atoms with Gasteiger partial charge in [0.05, 0.1) is 12.6 Å². The first-order chi connectivity index (χ1) is 9.76. The van der Waals surface area contributed by atoms with Gasteiger partial charge in [0.25, 0.3) is 0 Å². The number of carbonyl (C=O) groups excluding carboxylic acids is 1. The molecule has 1 rings (SSSR count). The van der Waals surface area contributed by atoms with Crippen LogP contribution in [-0.2, 0) is 9.53 Å². The summed E-state index contributed by atoms with van der Waals surface area (Å²) in [5.74, 6) is 0.358. The number of amides is 1. The molecule has 2 unspecified atom stereocenters. The Morgan fingerprint density at radius 3 is 2.71 bits per heavy atom. The largest absolute Gasteiger partial charge is 0.401 e. The molecule has 1 amide bonds. The summed E-state index contributed by atoms with van der Waals surface area (Å²) >= 11 is 0. The van der Waals surface area contributed by atoms with Gasteiger partial charge in [-0.15, -0.1) is 0 Å². The molecule has 21 heavy (non-hydrogen) atoms. The summed E-state index contributed by atoms with van der Waals surface area (Å²) < 4.78 is 41.9. The second-order valence-electron chi connectivity index (χ2n) is 5.91. The van der Waals surface area contributed by atoms with Gasteiger partial charge in [-0.1, -0.05) is 19.8 Å². The molecular weight excluding hydrogens is 285 g/mol. The number of carbonyl (C=O) groups is 1. The Kier molecular flexibility index (Phi) is 7.45. The van der Waals surface area contributed by atoms with E-state index in [0.29, 0.717) is 5.92 Å². The van der Waals surface area contributed by atoms with Gasteiger partial charge in [-0.3, -0.25) is 9.69 Å². The maximum atomic E-state index is 12.1. The molecule has 0 spiro atoms. The highest BCUT2D eigenvalue weighted by molar-refractivity contribution is 5.77. The van der Waals surface area contributed by atoms with Crippen LogP contribution in [0.4, 0.5) is 13.2 Å². The molecule has 1 fully saturated rings. The van der Waals surface area contributed by atoms with E-state index in [2.05, 4.69) is 12.2 Å². The second kappa shape index (κ2) is 8.58. The average Bonchev–Trinajstić information content (AvgIpc) is 2.34. The summed E-state index contributed by atoms with van der Waals surface area (Å²) in [7, 11) is 1.37. The molecule has 4 nitrogen and oxygen atoms in total. The van der Waals surface area contributed by atoms with Crippen LogP contribution in [0.3, 0.4) is 0 Å². The Labute approximate surface area is 124 Å². The zero-order valence-corrected chi connectivity index (χ0v) is 12.7. The Balaban J connectivity index is 2.08. The number of rotatable bonds is 7. The van der Waals surface area contributed by atoms with Crippen LogP contribution in [0.2, 0.25) is 0 Å². The van der Waals surface area contributed by atoms with Crippen LogP contribution in [0.25, 0.3) is 0 Å². The van der Waals surface area contributed by atoms with E-state index < -0.39 is 12.7 Å². The minimum absolute atomic E-state index is 0.0135. The molecule has 2 atom stereocenters. The van der Waals surface area contributed by atoms with E-state index in [0.717, 1.165) is 24.2 Å². The Morgan fingerprint density at radius 1 is 1.38 bits per heavy atom. The zero-order valence-electron chi connectivity index (χ0n) is 12.7. The summed E-state index contributed by atoms with van der Waals surface area (Å²) in [6, 6.07) is 0. The molecule has 1 aliphatic rings. The molecule has 0 aromatic heterocycles. The third kappa shape index (κ3) is 8.93. The van der Waals surface area contributed by atoms with Crippen LogP contribution in [0.5, 0.6) is 0 Å². The van der Waals surface area contributed by atoms with Crippen molar-refractivity contribution in [3.05, 3.63) is 0 Å². The summed E-state index contributed by atoms with van der Waals surface area (Å²) in [4.78, 5) is 12.7. The molecular formula is C14H25F3N2O2. The number of nitrogens with one attached hydrogen (secondary N) is 1. The van der Waals surface area contributed by atoms with Crippen molar-refractivity contribution < 1.29 is 22.7 Å². The molecule has 1 N–H and O–H groups in total. The molecule has 0 radical (unpaired) electrons. The van der Waals surface area contributed by atoms with Crippen molar-refractivity contribution in [2.24, 2.45) is 5.92 Å². The molecule has 0 heterocycles. The molecule has 0 aliphatic heterocycles. The lowest BCUT2D eigenvalue weighted by molar-refractivity contribution is -0.142. The predicted octanol–water partition coefficient (Wildman–Crippen LogP) is 2.19. The monoisotopic (exact) mass is 310 g/mol. The number of ether oxygens (including phenoxy) is 1. The molecule has 1 aliphatic carbocycles. The van der Waals surface area contributed by atoms with Gasteiger partial charge < -0.3 is 10.1 Å². The Bertz CT molecular complexity index is 324. The summed E-state index contributed by atoms with van der Waals surface area (Å²) in [6.07, 6.45) is 0.202. The summed E-state index contributed by atoms with van der Waals surface area (Å²) in [5.41, 5.74) is 0. The van der Waals surface area contributed by atoms with Crippen LogP contribution >= 0.6 is 0 Å². The predicted molar refractivity (Wildman–Crippen MR) is 73.9 cm³/mol. The summed E-state index contributed by atoms with van der Waals surface area (Å²) in [5, 5.41) is 2.58. The van der Waals surface area contributed by atoms with Gasteiger partial charge in [0.2, 0.25) is 5.91 Å². The minimum Gasteiger partial charge on any atom is -0.368 e. The fraction of sp³-hybridized carbons (Fsp3) is 0.929. The highest BCUT2D eigenvalue weighted by atomic mass is 19.4. The fourth-order valence-corrected chi connectivity index (χ4v) is 2.55. The third-order valence-corrected chi connectivity index (χ3v) is 3.60. The highest BCUT2D eigenvalue weighted by Crippen LogP contribution is 2.25. The van der Waals surface area contributed by atoms with Crippen molar-refractivity contribution in [1.82, 2.24) is 10.2 Å². The quantitative estimate of drug-likeness (QED) is 0.784. The van der Waals surface area contributed by atoms with Gasteiger partial charge in [-0.05, 0) is 25.8 Å². The van der Waals surface area contributed by atoms with Crippen molar-refractivity contribution in [1.29, 1.82) is 0 Å². The maximum Gasteiger partial charge on any atom is 0.401 e. The smallest absolute Gasteiger partial charge is 0.368 e. The van der Waals surface area contributed by atoms with Gasteiger partial charge in [0.15, 0.2) is 0 Å². The van der Waals surface area contributed by atoms with Crippen molar-refractivity contribution in [2.75, 3.05) is 33.3 Å². The molecule has 1 saturated carbocycles.